The van der Waals surface area contributed by atoms with Crippen LogP contribution in [0.25, 0.3) is 10.4 Å². The van der Waals surface area contributed by atoms with Gasteiger partial charge in [0.15, 0.2) is 0 Å². The highest BCUT2D eigenvalue weighted by Crippen LogP contribution is 2.30. The molecule has 0 radical (unpaired) electrons. The van der Waals surface area contributed by atoms with Crippen LogP contribution in [0.1, 0.15) is 39.3 Å². The van der Waals surface area contributed by atoms with Gasteiger partial charge in [-0.15, -0.1) is 11.3 Å². The molecule has 0 aliphatic rings. The van der Waals surface area contributed by atoms with E-state index in [-0.39, 0.29) is 12.5 Å². The molecule has 0 saturated carbocycles. The molecule has 4 heteroatoms. The zero-order valence-electron chi connectivity index (χ0n) is 18.5. The summed E-state index contributed by atoms with van der Waals surface area (Å²) in [7, 11) is 0. The lowest BCUT2D eigenvalue weighted by atomic mass is 9.90. The van der Waals surface area contributed by atoms with Crippen molar-refractivity contribution in [1.82, 2.24) is 0 Å². The van der Waals surface area contributed by atoms with E-state index in [1.54, 1.807) is 11.3 Å². The van der Waals surface area contributed by atoms with Crippen molar-refractivity contribution in [2.24, 2.45) is 0 Å². The Balaban J connectivity index is 1.77. The molecule has 0 bridgehead atoms. The van der Waals surface area contributed by atoms with Crippen molar-refractivity contribution in [2.75, 3.05) is 0 Å². The molecular formula is C29H24F2OS. The second-order valence-electron chi connectivity index (χ2n) is 8.16. The molecule has 1 atom stereocenters. The van der Waals surface area contributed by atoms with Gasteiger partial charge in [0.05, 0.1) is 6.61 Å². The van der Waals surface area contributed by atoms with Gasteiger partial charge < -0.3 is 5.11 Å². The number of aliphatic hydroxyl groups excluding tert-OH is 1. The Morgan fingerprint density at radius 3 is 2.30 bits per heavy atom. The fraction of sp³-hybridized carbons (Fsp3) is 0.172. The number of benzene rings is 3. The second-order valence-corrected chi connectivity index (χ2v) is 9.11. The van der Waals surface area contributed by atoms with Crippen LogP contribution >= 0.6 is 11.3 Å². The Hall–Kier alpha value is -3.26. The molecule has 0 aliphatic heterocycles. The molecule has 1 heterocycles. The highest BCUT2D eigenvalue weighted by atomic mass is 32.1. The van der Waals surface area contributed by atoms with Gasteiger partial charge in [-0.05, 0) is 83.8 Å². The number of rotatable bonds is 5. The zero-order chi connectivity index (χ0) is 23.4. The summed E-state index contributed by atoms with van der Waals surface area (Å²) in [6.45, 7) is 4.06. The lowest BCUT2D eigenvalue weighted by Gasteiger charge is -2.14. The number of aliphatic hydroxyl groups is 1. The Morgan fingerprint density at radius 1 is 0.879 bits per heavy atom. The molecule has 4 rings (SSSR count). The third-order valence-electron chi connectivity index (χ3n) is 5.73. The highest BCUT2D eigenvalue weighted by molar-refractivity contribution is 7.13. The van der Waals surface area contributed by atoms with Crippen molar-refractivity contribution in [2.45, 2.75) is 32.8 Å². The van der Waals surface area contributed by atoms with Crippen LogP contribution in [-0.4, -0.2) is 5.11 Å². The summed E-state index contributed by atoms with van der Waals surface area (Å²) < 4.78 is 28.1. The van der Waals surface area contributed by atoms with Gasteiger partial charge in [0.2, 0.25) is 0 Å². The molecule has 1 aromatic heterocycles. The monoisotopic (exact) mass is 458 g/mol. The minimum absolute atomic E-state index is 0.0515. The summed E-state index contributed by atoms with van der Waals surface area (Å²) in [4.78, 5) is 1.05. The van der Waals surface area contributed by atoms with Crippen molar-refractivity contribution in [3.05, 3.63) is 117 Å². The van der Waals surface area contributed by atoms with Gasteiger partial charge in [-0.2, -0.15) is 0 Å². The van der Waals surface area contributed by atoms with Crippen LogP contribution in [0.3, 0.4) is 0 Å². The highest BCUT2D eigenvalue weighted by Gasteiger charge is 2.14. The summed E-state index contributed by atoms with van der Waals surface area (Å²) >= 11 is 1.60. The van der Waals surface area contributed by atoms with Gasteiger partial charge in [0, 0.05) is 28.0 Å². The molecular weight excluding hydrogens is 434 g/mol. The standard InChI is InChI=1S/C29H24F2OS/c1-19-5-6-21(12-20(19)2)13-24(25-15-26(30)17-27(31)16-25)10-9-23-8-7-22(18-32)14-28(23)29-4-3-11-33-29/h3-8,11-12,14-17,24,32H,13,18H2,1-2H3. The van der Waals surface area contributed by atoms with Gasteiger partial charge >= 0.3 is 0 Å². The molecule has 0 saturated heterocycles. The van der Waals surface area contributed by atoms with E-state index in [0.29, 0.717) is 12.0 Å². The maximum atomic E-state index is 14.0. The molecule has 166 valence electrons. The van der Waals surface area contributed by atoms with Crippen molar-refractivity contribution in [3.8, 4) is 22.3 Å². The predicted molar refractivity (Wildman–Crippen MR) is 131 cm³/mol. The van der Waals surface area contributed by atoms with Crippen LogP contribution in [0, 0.1) is 37.3 Å². The minimum atomic E-state index is -0.608. The third-order valence-corrected chi connectivity index (χ3v) is 6.64. The number of aryl methyl sites for hydroxylation is 2. The van der Waals surface area contributed by atoms with E-state index in [0.717, 1.165) is 33.2 Å². The van der Waals surface area contributed by atoms with E-state index >= 15 is 0 Å². The van der Waals surface area contributed by atoms with E-state index in [1.165, 1.54) is 23.3 Å². The average Bonchev–Trinajstić information content (AvgIpc) is 3.33. The summed E-state index contributed by atoms with van der Waals surface area (Å²) in [5, 5.41) is 11.6. The lowest BCUT2D eigenvalue weighted by Crippen LogP contribution is -2.03. The fourth-order valence-electron chi connectivity index (χ4n) is 3.79. The number of halogens is 2. The first kappa shape index (κ1) is 22.9. The quantitative estimate of drug-likeness (QED) is 0.314. The largest absolute Gasteiger partial charge is 0.392 e. The summed E-state index contributed by atoms with van der Waals surface area (Å²) in [6.07, 6.45) is 0.542. The van der Waals surface area contributed by atoms with Crippen LogP contribution in [0.15, 0.2) is 72.1 Å². The Bertz CT molecular complexity index is 1310. The molecule has 3 aromatic carbocycles. The SMILES string of the molecule is Cc1ccc(CC(C#Cc2ccc(CO)cc2-c2cccs2)c2cc(F)cc(F)c2)cc1C. The second kappa shape index (κ2) is 10.1. The van der Waals surface area contributed by atoms with Crippen molar-refractivity contribution in [3.63, 3.8) is 0 Å². The molecule has 1 N–H and O–H groups in total. The minimum Gasteiger partial charge on any atom is -0.392 e. The van der Waals surface area contributed by atoms with Crippen LogP contribution < -0.4 is 0 Å². The molecule has 0 spiro atoms. The maximum absolute atomic E-state index is 14.0. The Morgan fingerprint density at radius 2 is 1.64 bits per heavy atom. The van der Waals surface area contributed by atoms with Crippen LogP contribution in [0.5, 0.6) is 0 Å². The number of thiophene rings is 1. The molecule has 0 aliphatic carbocycles. The smallest absolute Gasteiger partial charge is 0.126 e. The normalized spacial score (nSPS) is 11.7. The fourth-order valence-corrected chi connectivity index (χ4v) is 4.55. The Kier molecular flexibility index (Phi) is 7.03. The average molecular weight is 459 g/mol. The van der Waals surface area contributed by atoms with Crippen molar-refractivity contribution in [1.29, 1.82) is 0 Å². The topological polar surface area (TPSA) is 20.2 Å². The Labute approximate surface area is 197 Å². The van der Waals surface area contributed by atoms with Gasteiger partial charge in [-0.25, -0.2) is 8.78 Å². The first-order chi connectivity index (χ1) is 15.9. The van der Waals surface area contributed by atoms with Crippen LogP contribution in [-0.2, 0) is 13.0 Å². The van der Waals surface area contributed by atoms with E-state index < -0.39 is 11.6 Å². The molecule has 1 nitrogen and oxygen atoms in total. The van der Waals surface area contributed by atoms with Gasteiger partial charge in [0.25, 0.3) is 0 Å². The van der Waals surface area contributed by atoms with Crippen LogP contribution in [0.2, 0.25) is 0 Å². The molecule has 0 amide bonds. The lowest BCUT2D eigenvalue weighted by molar-refractivity contribution is 0.282. The van der Waals surface area contributed by atoms with Gasteiger partial charge in [-0.3, -0.25) is 0 Å². The summed E-state index contributed by atoms with van der Waals surface area (Å²) in [6, 6.07) is 19.5. The molecule has 1 unspecified atom stereocenters. The number of hydrogen-bond acceptors (Lipinski definition) is 2. The molecule has 4 aromatic rings. The molecule has 0 fully saturated rings. The predicted octanol–water partition coefficient (Wildman–Crippen LogP) is 7.18. The summed E-state index contributed by atoms with van der Waals surface area (Å²) in [5.41, 5.74) is 6.52. The van der Waals surface area contributed by atoms with E-state index in [4.69, 9.17) is 0 Å². The number of hydrogen-bond donors (Lipinski definition) is 1. The van der Waals surface area contributed by atoms with Crippen LogP contribution in [0.4, 0.5) is 8.78 Å². The zero-order valence-corrected chi connectivity index (χ0v) is 19.3. The van der Waals surface area contributed by atoms with Crippen molar-refractivity contribution >= 4 is 11.3 Å². The first-order valence-corrected chi connectivity index (χ1v) is 11.6. The van der Waals surface area contributed by atoms with E-state index in [2.05, 4.69) is 37.8 Å². The molecule has 33 heavy (non-hydrogen) atoms. The third kappa shape index (κ3) is 5.57. The van der Waals surface area contributed by atoms with Gasteiger partial charge in [0.1, 0.15) is 11.6 Å². The van der Waals surface area contributed by atoms with Crippen molar-refractivity contribution < 1.29 is 13.9 Å². The van der Waals surface area contributed by atoms with E-state index in [9.17, 15) is 13.9 Å². The maximum Gasteiger partial charge on any atom is 0.126 e. The first-order valence-electron chi connectivity index (χ1n) is 10.7. The summed E-state index contributed by atoms with van der Waals surface area (Å²) in [5.74, 6) is 4.96. The van der Waals surface area contributed by atoms with E-state index in [1.807, 2.05) is 41.8 Å². The van der Waals surface area contributed by atoms with Gasteiger partial charge in [-0.1, -0.05) is 42.2 Å².